The summed E-state index contributed by atoms with van der Waals surface area (Å²) in [5.41, 5.74) is 3.34. The van der Waals surface area contributed by atoms with Crippen molar-refractivity contribution in [3.8, 4) is 23.0 Å². The Morgan fingerprint density at radius 2 is 1.78 bits per heavy atom. The standard InChI is InChI=1S/C23H14FNO2/c24-17-11-12-21-19(13-17)20(14-25-21)22-16(7-4-8-18(22)23(26)27)10-9-15-5-2-1-3-6-15/h1-8,11-14,25H,(H,26,27). The summed E-state index contributed by atoms with van der Waals surface area (Å²) in [4.78, 5) is 14.9. The fourth-order valence-corrected chi connectivity index (χ4v) is 3.09. The second-order valence-corrected chi connectivity index (χ2v) is 6.04. The zero-order valence-corrected chi connectivity index (χ0v) is 14.2. The number of halogens is 1. The number of benzene rings is 3. The lowest BCUT2D eigenvalue weighted by molar-refractivity contribution is 0.0697. The molecule has 0 atom stereocenters. The van der Waals surface area contributed by atoms with E-state index >= 15 is 0 Å². The predicted molar refractivity (Wildman–Crippen MR) is 103 cm³/mol. The Morgan fingerprint density at radius 1 is 0.963 bits per heavy atom. The lowest BCUT2D eigenvalue weighted by Crippen LogP contribution is -2.01. The van der Waals surface area contributed by atoms with Crippen molar-refractivity contribution in [3.05, 3.63) is 95.4 Å². The molecule has 0 aliphatic carbocycles. The maximum atomic E-state index is 13.8. The molecule has 4 rings (SSSR count). The van der Waals surface area contributed by atoms with Crippen LogP contribution >= 0.6 is 0 Å². The summed E-state index contributed by atoms with van der Waals surface area (Å²) in [6.07, 6.45) is 1.69. The Hall–Kier alpha value is -3.84. The SMILES string of the molecule is O=C(O)c1cccc(C#Cc2ccccc2)c1-c1c[nH]c2ccc(F)cc12. The number of carbonyl (C=O) groups is 1. The van der Waals surface area contributed by atoms with E-state index < -0.39 is 5.97 Å². The predicted octanol–water partition coefficient (Wildman–Crippen LogP) is 5.07. The molecule has 0 spiro atoms. The summed E-state index contributed by atoms with van der Waals surface area (Å²) >= 11 is 0. The molecule has 0 radical (unpaired) electrons. The van der Waals surface area contributed by atoms with Crippen LogP contribution in [0.1, 0.15) is 21.5 Å². The van der Waals surface area contributed by atoms with E-state index in [9.17, 15) is 14.3 Å². The van der Waals surface area contributed by atoms with Gasteiger partial charge in [0.2, 0.25) is 0 Å². The quantitative estimate of drug-likeness (QED) is 0.493. The lowest BCUT2D eigenvalue weighted by Gasteiger charge is -2.08. The van der Waals surface area contributed by atoms with Gasteiger partial charge in [-0.3, -0.25) is 0 Å². The normalized spacial score (nSPS) is 10.4. The molecule has 130 valence electrons. The van der Waals surface area contributed by atoms with Crippen LogP contribution in [-0.2, 0) is 0 Å². The summed E-state index contributed by atoms with van der Waals surface area (Å²) < 4.78 is 13.8. The minimum absolute atomic E-state index is 0.125. The second-order valence-electron chi connectivity index (χ2n) is 6.04. The van der Waals surface area contributed by atoms with Gasteiger partial charge in [0.05, 0.1) is 5.56 Å². The Kier molecular flexibility index (Phi) is 4.19. The maximum absolute atomic E-state index is 13.8. The fourth-order valence-electron chi connectivity index (χ4n) is 3.09. The smallest absolute Gasteiger partial charge is 0.336 e. The van der Waals surface area contributed by atoms with Gasteiger partial charge in [0, 0.05) is 39.4 Å². The Bertz CT molecular complexity index is 1210. The molecule has 0 bridgehead atoms. The highest BCUT2D eigenvalue weighted by molar-refractivity contribution is 6.04. The number of H-pyrrole nitrogens is 1. The van der Waals surface area contributed by atoms with Crippen LogP contribution < -0.4 is 0 Å². The van der Waals surface area contributed by atoms with E-state index in [1.807, 2.05) is 30.3 Å². The van der Waals surface area contributed by atoms with Crippen LogP contribution in [-0.4, -0.2) is 16.1 Å². The third-order valence-electron chi connectivity index (χ3n) is 4.32. The van der Waals surface area contributed by atoms with Crippen LogP contribution in [0.15, 0.2) is 72.9 Å². The number of hydrogen-bond donors (Lipinski definition) is 2. The van der Waals surface area contributed by atoms with Crippen LogP contribution in [0.3, 0.4) is 0 Å². The molecule has 4 aromatic rings. The average molecular weight is 355 g/mol. The first kappa shape index (κ1) is 16.6. The van der Waals surface area contributed by atoms with Crippen LogP contribution in [0.5, 0.6) is 0 Å². The monoisotopic (exact) mass is 355 g/mol. The molecule has 3 aromatic carbocycles. The average Bonchev–Trinajstić information content (AvgIpc) is 3.09. The van der Waals surface area contributed by atoms with Crippen molar-refractivity contribution in [2.75, 3.05) is 0 Å². The van der Waals surface area contributed by atoms with Gasteiger partial charge in [-0.05, 0) is 42.5 Å². The highest BCUT2D eigenvalue weighted by atomic mass is 19.1. The Balaban J connectivity index is 1.97. The lowest BCUT2D eigenvalue weighted by atomic mass is 9.94. The molecule has 3 nitrogen and oxygen atoms in total. The minimum atomic E-state index is -1.06. The molecule has 0 unspecified atom stereocenters. The van der Waals surface area contributed by atoms with E-state index in [0.29, 0.717) is 22.1 Å². The Morgan fingerprint density at radius 3 is 2.56 bits per heavy atom. The Labute approximate surface area is 155 Å². The number of fused-ring (bicyclic) bond motifs is 1. The molecule has 4 heteroatoms. The van der Waals surface area contributed by atoms with Gasteiger partial charge in [0.1, 0.15) is 5.82 Å². The number of aromatic nitrogens is 1. The molecule has 0 saturated carbocycles. The molecule has 0 saturated heterocycles. The highest BCUT2D eigenvalue weighted by Crippen LogP contribution is 2.34. The topological polar surface area (TPSA) is 53.1 Å². The van der Waals surface area contributed by atoms with E-state index in [1.54, 1.807) is 24.4 Å². The van der Waals surface area contributed by atoms with Crippen LogP contribution in [0.2, 0.25) is 0 Å². The third kappa shape index (κ3) is 3.19. The van der Waals surface area contributed by atoms with Crippen molar-refractivity contribution in [1.29, 1.82) is 0 Å². The molecule has 0 aliphatic heterocycles. The largest absolute Gasteiger partial charge is 0.478 e. The molecular weight excluding hydrogens is 341 g/mol. The van der Waals surface area contributed by atoms with Gasteiger partial charge in [0.15, 0.2) is 0 Å². The van der Waals surface area contributed by atoms with Gasteiger partial charge in [0.25, 0.3) is 0 Å². The molecule has 1 heterocycles. The molecule has 27 heavy (non-hydrogen) atoms. The van der Waals surface area contributed by atoms with E-state index in [1.165, 1.54) is 18.2 Å². The first-order valence-electron chi connectivity index (χ1n) is 8.34. The van der Waals surface area contributed by atoms with Crippen molar-refractivity contribution in [1.82, 2.24) is 4.98 Å². The summed E-state index contributed by atoms with van der Waals surface area (Å²) in [6.45, 7) is 0. The van der Waals surface area contributed by atoms with E-state index in [2.05, 4.69) is 16.8 Å². The van der Waals surface area contributed by atoms with Crippen molar-refractivity contribution in [2.24, 2.45) is 0 Å². The van der Waals surface area contributed by atoms with Gasteiger partial charge in [-0.1, -0.05) is 36.1 Å². The summed E-state index contributed by atoms with van der Waals surface area (Å²) in [7, 11) is 0. The van der Waals surface area contributed by atoms with Crippen LogP contribution in [0, 0.1) is 17.7 Å². The number of aromatic amines is 1. The number of carboxylic acid groups (broad SMARTS) is 1. The summed E-state index contributed by atoms with van der Waals surface area (Å²) in [5.74, 6) is 4.70. The third-order valence-corrected chi connectivity index (χ3v) is 4.32. The summed E-state index contributed by atoms with van der Waals surface area (Å²) in [5, 5.41) is 10.3. The molecular formula is C23H14FNO2. The van der Waals surface area contributed by atoms with Gasteiger partial charge in [-0.2, -0.15) is 0 Å². The molecule has 2 N–H and O–H groups in total. The molecule has 0 amide bonds. The van der Waals surface area contributed by atoms with E-state index in [4.69, 9.17) is 0 Å². The number of nitrogens with one attached hydrogen (secondary N) is 1. The molecule has 0 fully saturated rings. The van der Waals surface area contributed by atoms with Crippen molar-refractivity contribution in [3.63, 3.8) is 0 Å². The second kappa shape index (κ2) is 6.81. The summed E-state index contributed by atoms with van der Waals surface area (Å²) in [6, 6.07) is 18.8. The van der Waals surface area contributed by atoms with Crippen molar-refractivity contribution in [2.45, 2.75) is 0 Å². The zero-order valence-electron chi connectivity index (χ0n) is 14.2. The van der Waals surface area contributed by atoms with Crippen LogP contribution in [0.4, 0.5) is 4.39 Å². The van der Waals surface area contributed by atoms with Crippen molar-refractivity contribution >= 4 is 16.9 Å². The van der Waals surface area contributed by atoms with E-state index in [0.717, 1.165) is 11.1 Å². The molecule has 1 aromatic heterocycles. The first-order chi connectivity index (χ1) is 13.1. The van der Waals surface area contributed by atoms with Gasteiger partial charge < -0.3 is 10.1 Å². The minimum Gasteiger partial charge on any atom is -0.478 e. The van der Waals surface area contributed by atoms with Crippen molar-refractivity contribution < 1.29 is 14.3 Å². The van der Waals surface area contributed by atoms with Gasteiger partial charge in [-0.15, -0.1) is 0 Å². The van der Waals surface area contributed by atoms with Gasteiger partial charge >= 0.3 is 5.97 Å². The fraction of sp³-hybridized carbons (Fsp3) is 0. The highest BCUT2D eigenvalue weighted by Gasteiger charge is 2.18. The van der Waals surface area contributed by atoms with E-state index in [-0.39, 0.29) is 11.4 Å². The number of hydrogen-bond acceptors (Lipinski definition) is 1. The number of rotatable bonds is 2. The maximum Gasteiger partial charge on any atom is 0.336 e. The zero-order chi connectivity index (χ0) is 18.8. The van der Waals surface area contributed by atoms with Crippen LogP contribution in [0.25, 0.3) is 22.0 Å². The number of aromatic carboxylic acids is 1. The van der Waals surface area contributed by atoms with Gasteiger partial charge in [-0.25, -0.2) is 9.18 Å². The number of carboxylic acids is 1. The molecule has 0 aliphatic rings. The first-order valence-corrected chi connectivity index (χ1v) is 8.34.